The maximum absolute atomic E-state index is 11.2. The van der Waals surface area contributed by atoms with Crippen LogP contribution in [-0.4, -0.2) is 5.78 Å². The van der Waals surface area contributed by atoms with Crippen LogP contribution in [0.5, 0.6) is 0 Å². The number of carbonyl (C=O) groups excluding carboxylic acids is 1. The van der Waals surface area contributed by atoms with E-state index >= 15 is 0 Å². The van der Waals surface area contributed by atoms with Gasteiger partial charge in [-0.25, -0.2) is 0 Å². The molecule has 0 aliphatic heterocycles. The molecular formula is C15H16N2O. The monoisotopic (exact) mass is 240 g/mol. The van der Waals surface area contributed by atoms with Crippen molar-refractivity contribution < 1.29 is 4.79 Å². The third kappa shape index (κ3) is 2.88. The number of benzene rings is 2. The minimum Gasteiger partial charge on any atom is -0.397 e. The smallest absolute Gasteiger partial charge is 0.159 e. The summed E-state index contributed by atoms with van der Waals surface area (Å²) in [7, 11) is 0. The molecule has 3 heteroatoms. The van der Waals surface area contributed by atoms with E-state index in [1.807, 2.05) is 36.4 Å². The zero-order chi connectivity index (χ0) is 13.0. The van der Waals surface area contributed by atoms with Crippen LogP contribution in [-0.2, 0) is 6.54 Å². The van der Waals surface area contributed by atoms with Gasteiger partial charge in [0.2, 0.25) is 0 Å². The number of hydrogen-bond donors (Lipinski definition) is 2. The highest BCUT2D eigenvalue weighted by molar-refractivity contribution is 5.95. The zero-order valence-corrected chi connectivity index (χ0v) is 10.3. The number of nitrogens with two attached hydrogens (primary N) is 1. The maximum Gasteiger partial charge on any atom is 0.159 e. The first-order valence-corrected chi connectivity index (χ1v) is 5.85. The largest absolute Gasteiger partial charge is 0.397 e. The Bertz CT molecular complexity index is 550. The van der Waals surface area contributed by atoms with Gasteiger partial charge in [0.15, 0.2) is 5.78 Å². The highest BCUT2D eigenvalue weighted by atomic mass is 16.1. The lowest BCUT2D eigenvalue weighted by Crippen LogP contribution is -2.03. The van der Waals surface area contributed by atoms with E-state index in [0.717, 1.165) is 5.69 Å². The van der Waals surface area contributed by atoms with Crippen molar-refractivity contribution in [3.8, 4) is 0 Å². The van der Waals surface area contributed by atoms with Crippen LogP contribution in [0.25, 0.3) is 0 Å². The molecule has 92 valence electrons. The van der Waals surface area contributed by atoms with Crippen molar-refractivity contribution in [3.63, 3.8) is 0 Å². The molecule has 0 radical (unpaired) electrons. The summed E-state index contributed by atoms with van der Waals surface area (Å²) in [6.45, 7) is 2.25. The van der Waals surface area contributed by atoms with Gasteiger partial charge in [0, 0.05) is 12.1 Å². The molecule has 2 aromatic rings. The Morgan fingerprint density at radius 1 is 1.17 bits per heavy atom. The highest BCUT2D eigenvalue weighted by Crippen LogP contribution is 2.20. The van der Waals surface area contributed by atoms with Crippen molar-refractivity contribution in [2.24, 2.45) is 0 Å². The Morgan fingerprint density at radius 3 is 2.50 bits per heavy atom. The Labute approximate surface area is 107 Å². The molecule has 0 bridgehead atoms. The lowest BCUT2D eigenvalue weighted by Gasteiger charge is -2.10. The van der Waals surface area contributed by atoms with Gasteiger partial charge in [-0.05, 0) is 30.7 Å². The minimum atomic E-state index is 0.0244. The molecule has 0 aliphatic carbocycles. The van der Waals surface area contributed by atoms with Crippen LogP contribution < -0.4 is 11.1 Å². The van der Waals surface area contributed by atoms with E-state index in [9.17, 15) is 4.79 Å². The average molecular weight is 240 g/mol. The number of rotatable bonds is 4. The molecule has 0 unspecified atom stereocenters. The number of carbonyl (C=O) groups is 1. The molecule has 2 aromatic carbocycles. The Kier molecular flexibility index (Phi) is 3.63. The summed E-state index contributed by atoms with van der Waals surface area (Å²) >= 11 is 0. The second-order valence-corrected chi connectivity index (χ2v) is 4.20. The third-order valence-corrected chi connectivity index (χ3v) is 2.78. The van der Waals surface area contributed by atoms with E-state index in [1.54, 1.807) is 12.1 Å². The number of Topliss-reactive ketones (excluding diaryl/α,β-unsaturated/α-hetero) is 1. The Morgan fingerprint density at radius 2 is 1.89 bits per heavy atom. The Hall–Kier alpha value is -2.29. The van der Waals surface area contributed by atoms with Crippen LogP contribution in [0.4, 0.5) is 11.4 Å². The van der Waals surface area contributed by atoms with Crippen molar-refractivity contribution >= 4 is 17.2 Å². The van der Waals surface area contributed by atoms with Gasteiger partial charge in [0.05, 0.1) is 11.4 Å². The van der Waals surface area contributed by atoms with E-state index in [1.165, 1.54) is 12.5 Å². The predicted octanol–water partition coefficient (Wildman–Crippen LogP) is 3.08. The molecule has 3 N–H and O–H groups in total. The molecule has 0 saturated heterocycles. The lowest BCUT2D eigenvalue weighted by molar-refractivity contribution is 0.101. The van der Waals surface area contributed by atoms with E-state index in [-0.39, 0.29) is 5.78 Å². The van der Waals surface area contributed by atoms with Gasteiger partial charge < -0.3 is 11.1 Å². The summed E-state index contributed by atoms with van der Waals surface area (Å²) in [5.41, 5.74) is 9.18. The van der Waals surface area contributed by atoms with Crippen LogP contribution in [0.2, 0.25) is 0 Å². The molecule has 3 nitrogen and oxygen atoms in total. The van der Waals surface area contributed by atoms with Crippen LogP contribution in [0.15, 0.2) is 48.5 Å². The fourth-order valence-electron chi connectivity index (χ4n) is 1.74. The summed E-state index contributed by atoms with van der Waals surface area (Å²) in [6.07, 6.45) is 0. The zero-order valence-electron chi connectivity index (χ0n) is 10.3. The van der Waals surface area contributed by atoms with Crippen molar-refractivity contribution in [2.45, 2.75) is 13.5 Å². The molecule has 0 amide bonds. The molecule has 0 atom stereocenters. The van der Waals surface area contributed by atoms with Gasteiger partial charge in [0.25, 0.3) is 0 Å². The summed E-state index contributed by atoms with van der Waals surface area (Å²) in [6, 6.07) is 15.4. The van der Waals surface area contributed by atoms with E-state index in [4.69, 9.17) is 5.73 Å². The van der Waals surface area contributed by atoms with Gasteiger partial charge in [0.1, 0.15) is 0 Å². The van der Waals surface area contributed by atoms with Gasteiger partial charge in [-0.15, -0.1) is 0 Å². The molecule has 0 aromatic heterocycles. The number of nitrogen functional groups attached to an aromatic ring is 1. The Balaban J connectivity index is 2.08. The van der Waals surface area contributed by atoms with Crippen LogP contribution in [0.3, 0.4) is 0 Å². The quantitative estimate of drug-likeness (QED) is 0.638. The first-order valence-electron chi connectivity index (χ1n) is 5.85. The molecule has 2 rings (SSSR count). The highest BCUT2D eigenvalue weighted by Gasteiger charge is 2.03. The molecule has 18 heavy (non-hydrogen) atoms. The summed E-state index contributed by atoms with van der Waals surface area (Å²) in [5.74, 6) is 0.0244. The molecule has 0 aliphatic rings. The number of nitrogens with one attached hydrogen (secondary N) is 1. The van der Waals surface area contributed by atoms with Crippen LogP contribution >= 0.6 is 0 Å². The SMILES string of the molecule is CC(=O)c1ccc(NCc2ccccc2)c(N)c1. The van der Waals surface area contributed by atoms with Crippen LogP contribution in [0, 0.1) is 0 Å². The fourth-order valence-corrected chi connectivity index (χ4v) is 1.74. The van der Waals surface area contributed by atoms with Gasteiger partial charge in [-0.1, -0.05) is 30.3 Å². The first kappa shape index (κ1) is 12.2. The number of anilines is 2. The van der Waals surface area contributed by atoms with Gasteiger partial charge in [-0.3, -0.25) is 4.79 Å². The second-order valence-electron chi connectivity index (χ2n) is 4.20. The van der Waals surface area contributed by atoms with E-state index in [2.05, 4.69) is 5.32 Å². The van der Waals surface area contributed by atoms with E-state index < -0.39 is 0 Å². The fraction of sp³-hybridized carbons (Fsp3) is 0.133. The maximum atomic E-state index is 11.2. The standard InChI is InChI=1S/C15H16N2O/c1-11(18)13-7-8-15(14(16)9-13)17-10-12-5-3-2-4-6-12/h2-9,17H,10,16H2,1H3. The summed E-state index contributed by atoms with van der Waals surface area (Å²) < 4.78 is 0. The van der Waals surface area contributed by atoms with E-state index in [0.29, 0.717) is 17.8 Å². The average Bonchev–Trinajstić information content (AvgIpc) is 2.38. The molecule has 0 heterocycles. The molecule has 0 spiro atoms. The lowest BCUT2D eigenvalue weighted by atomic mass is 10.1. The van der Waals surface area contributed by atoms with Crippen molar-refractivity contribution in [3.05, 3.63) is 59.7 Å². The number of hydrogen-bond acceptors (Lipinski definition) is 3. The molecule has 0 fully saturated rings. The van der Waals surface area contributed by atoms with Crippen LogP contribution in [0.1, 0.15) is 22.8 Å². The van der Waals surface area contributed by atoms with Crippen molar-refractivity contribution in [1.29, 1.82) is 0 Å². The second kappa shape index (κ2) is 5.36. The molecule has 0 saturated carbocycles. The minimum absolute atomic E-state index is 0.0244. The topological polar surface area (TPSA) is 55.1 Å². The third-order valence-electron chi connectivity index (χ3n) is 2.78. The van der Waals surface area contributed by atoms with Gasteiger partial charge in [-0.2, -0.15) is 0 Å². The van der Waals surface area contributed by atoms with Gasteiger partial charge >= 0.3 is 0 Å². The first-order chi connectivity index (χ1) is 8.66. The van der Waals surface area contributed by atoms with Crippen molar-refractivity contribution in [1.82, 2.24) is 0 Å². The summed E-state index contributed by atoms with van der Waals surface area (Å²) in [4.78, 5) is 11.2. The van der Waals surface area contributed by atoms with Crippen molar-refractivity contribution in [2.75, 3.05) is 11.1 Å². The number of ketones is 1. The predicted molar refractivity (Wildman–Crippen MR) is 74.6 cm³/mol. The molecular weight excluding hydrogens is 224 g/mol. The summed E-state index contributed by atoms with van der Waals surface area (Å²) in [5, 5.41) is 3.26. The normalized spacial score (nSPS) is 10.1.